The summed E-state index contributed by atoms with van der Waals surface area (Å²) in [6.07, 6.45) is -0.409. The predicted octanol–water partition coefficient (Wildman–Crippen LogP) is 3.03. The van der Waals surface area contributed by atoms with E-state index >= 15 is 0 Å². The van der Waals surface area contributed by atoms with Gasteiger partial charge in [0.1, 0.15) is 6.17 Å². The van der Waals surface area contributed by atoms with Gasteiger partial charge < -0.3 is 15.0 Å². The quantitative estimate of drug-likeness (QED) is 0.922. The Labute approximate surface area is 122 Å². The van der Waals surface area contributed by atoms with E-state index in [4.69, 9.17) is 4.74 Å². The number of ether oxygens (including phenoxy) is 1. The van der Waals surface area contributed by atoms with Crippen LogP contribution < -0.4 is 10.1 Å². The minimum absolute atomic E-state index is 0.0921. The highest BCUT2D eigenvalue weighted by Crippen LogP contribution is 2.33. The monoisotopic (exact) mass is 286 g/mol. The number of nitrogens with zero attached hydrogens (tertiary/aromatic N) is 1. The molecule has 0 saturated heterocycles. The Morgan fingerprint density at radius 1 is 1.24 bits per heavy atom. The summed E-state index contributed by atoms with van der Waals surface area (Å²) < 4.78 is 18.8. The van der Waals surface area contributed by atoms with Gasteiger partial charge in [0.25, 0.3) is 5.91 Å². The molecule has 0 fully saturated rings. The van der Waals surface area contributed by atoms with Crippen molar-refractivity contribution in [1.82, 2.24) is 4.90 Å². The number of amides is 1. The van der Waals surface area contributed by atoms with Gasteiger partial charge in [-0.05, 0) is 29.8 Å². The molecule has 1 aliphatic rings. The molecule has 0 bridgehead atoms. The molecule has 1 aliphatic heterocycles. The lowest BCUT2D eigenvalue weighted by Gasteiger charge is -2.35. The summed E-state index contributed by atoms with van der Waals surface area (Å²) >= 11 is 0. The highest BCUT2D eigenvalue weighted by Gasteiger charge is 2.30. The zero-order valence-corrected chi connectivity index (χ0v) is 11.8. The molecule has 1 amide bonds. The summed E-state index contributed by atoms with van der Waals surface area (Å²) in [7, 11) is 3.11. The van der Waals surface area contributed by atoms with Crippen LogP contribution >= 0.6 is 0 Å². The zero-order chi connectivity index (χ0) is 15.0. The maximum absolute atomic E-state index is 13.9. The van der Waals surface area contributed by atoms with E-state index in [0.29, 0.717) is 11.1 Å². The molecule has 0 unspecified atom stereocenters. The third-order valence-corrected chi connectivity index (χ3v) is 3.65. The summed E-state index contributed by atoms with van der Waals surface area (Å²) in [4.78, 5) is 13.9. The third-order valence-electron chi connectivity index (χ3n) is 3.65. The van der Waals surface area contributed by atoms with Gasteiger partial charge in [-0.2, -0.15) is 0 Å². The molecule has 1 atom stereocenters. The van der Waals surface area contributed by atoms with E-state index in [2.05, 4.69) is 5.32 Å². The lowest BCUT2D eigenvalue weighted by atomic mass is 10.0. The average Bonchev–Trinajstić information content (AvgIpc) is 2.51. The first-order chi connectivity index (χ1) is 10.1. The fraction of sp³-hybridized carbons (Fsp3) is 0.188. The smallest absolute Gasteiger partial charge is 0.257 e. The number of para-hydroxylation sites is 1. The Balaban J connectivity index is 2.00. The second-order valence-corrected chi connectivity index (χ2v) is 4.90. The van der Waals surface area contributed by atoms with Crippen molar-refractivity contribution < 1.29 is 13.9 Å². The molecule has 108 valence electrons. The predicted molar refractivity (Wildman–Crippen MR) is 77.9 cm³/mol. The van der Waals surface area contributed by atoms with Crippen molar-refractivity contribution in [1.29, 1.82) is 0 Å². The van der Waals surface area contributed by atoms with E-state index in [0.717, 1.165) is 5.69 Å². The highest BCUT2D eigenvalue weighted by molar-refractivity contribution is 6.01. The number of benzene rings is 2. The van der Waals surface area contributed by atoms with E-state index in [-0.39, 0.29) is 11.7 Å². The number of methoxy groups -OCH3 is 1. The maximum atomic E-state index is 13.9. The van der Waals surface area contributed by atoms with Crippen molar-refractivity contribution in [2.24, 2.45) is 0 Å². The van der Waals surface area contributed by atoms with E-state index in [9.17, 15) is 9.18 Å². The topological polar surface area (TPSA) is 41.6 Å². The largest absolute Gasteiger partial charge is 0.494 e. The molecule has 4 nitrogen and oxygen atoms in total. The number of hydrogen-bond donors (Lipinski definition) is 1. The Hall–Kier alpha value is -2.56. The SMILES string of the molecule is COc1ccc([C@@H]2Nc3ccccc3C(=O)N2C)cc1F. The average molecular weight is 286 g/mol. The van der Waals surface area contributed by atoms with Crippen molar-refractivity contribution in [3.63, 3.8) is 0 Å². The van der Waals surface area contributed by atoms with Crippen molar-refractivity contribution >= 4 is 11.6 Å². The van der Waals surface area contributed by atoms with Crippen LogP contribution in [0.25, 0.3) is 0 Å². The number of carbonyl (C=O) groups is 1. The number of rotatable bonds is 2. The molecule has 5 heteroatoms. The van der Waals surface area contributed by atoms with Crippen molar-refractivity contribution in [3.05, 3.63) is 59.4 Å². The van der Waals surface area contributed by atoms with Crippen molar-refractivity contribution in [3.8, 4) is 5.75 Å². The second-order valence-electron chi connectivity index (χ2n) is 4.90. The van der Waals surface area contributed by atoms with Crippen LogP contribution in [0.1, 0.15) is 22.1 Å². The molecule has 3 rings (SSSR count). The number of fused-ring (bicyclic) bond motifs is 1. The van der Waals surface area contributed by atoms with Crippen LogP contribution in [0.5, 0.6) is 5.75 Å². The van der Waals surface area contributed by atoms with Gasteiger partial charge in [0, 0.05) is 12.7 Å². The van der Waals surface area contributed by atoms with Gasteiger partial charge in [-0.3, -0.25) is 4.79 Å². The molecule has 1 heterocycles. The van der Waals surface area contributed by atoms with Gasteiger partial charge in [-0.25, -0.2) is 4.39 Å². The molecule has 2 aromatic carbocycles. The zero-order valence-electron chi connectivity index (χ0n) is 11.8. The molecule has 0 saturated carbocycles. The molecule has 2 aromatic rings. The van der Waals surface area contributed by atoms with Crippen molar-refractivity contribution in [2.45, 2.75) is 6.17 Å². The fourth-order valence-electron chi connectivity index (χ4n) is 2.51. The van der Waals surface area contributed by atoms with Gasteiger partial charge in [0.15, 0.2) is 11.6 Å². The minimum atomic E-state index is -0.448. The van der Waals surface area contributed by atoms with Crippen molar-refractivity contribution in [2.75, 3.05) is 19.5 Å². The molecule has 0 spiro atoms. The molecule has 0 aromatic heterocycles. The number of carbonyl (C=O) groups excluding carboxylic acids is 1. The second kappa shape index (κ2) is 5.09. The summed E-state index contributed by atoms with van der Waals surface area (Å²) in [5.41, 5.74) is 2.03. The lowest BCUT2D eigenvalue weighted by Crippen LogP contribution is -2.40. The number of anilines is 1. The minimum Gasteiger partial charge on any atom is -0.494 e. The summed E-state index contributed by atoms with van der Waals surface area (Å²) in [5, 5.41) is 3.26. The Morgan fingerprint density at radius 2 is 2.00 bits per heavy atom. The fourth-order valence-corrected chi connectivity index (χ4v) is 2.51. The molecule has 21 heavy (non-hydrogen) atoms. The van der Waals surface area contributed by atoms with Gasteiger partial charge in [-0.1, -0.05) is 18.2 Å². The standard InChI is InChI=1S/C16H15FN2O2/c1-19-15(10-7-8-14(21-2)12(17)9-10)18-13-6-4-3-5-11(13)16(19)20/h3-9,15,18H,1-2H3/t15-/m1/s1. The van der Waals surface area contributed by atoms with E-state index in [1.54, 1.807) is 30.1 Å². The Morgan fingerprint density at radius 3 is 2.71 bits per heavy atom. The summed E-state index contributed by atoms with van der Waals surface area (Å²) in [6.45, 7) is 0. The molecular formula is C16H15FN2O2. The summed E-state index contributed by atoms with van der Waals surface area (Å²) in [6, 6.07) is 12.0. The van der Waals surface area contributed by atoms with Crippen LogP contribution in [0, 0.1) is 5.82 Å². The van der Waals surface area contributed by atoms with E-state index in [1.807, 2.05) is 18.2 Å². The molecule has 0 aliphatic carbocycles. The number of nitrogens with one attached hydrogen (secondary N) is 1. The van der Waals surface area contributed by atoms with E-state index < -0.39 is 12.0 Å². The molecule has 1 N–H and O–H groups in total. The van der Waals surface area contributed by atoms with Crippen LogP contribution in [0.2, 0.25) is 0 Å². The first-order valence-corrected chi connectivity index (χ1v) is 6.58. The van der Waals surface area contributed by atoms with Crippen LogP contribution in [-0.2, 0) is 0 Å². The normalized spacial score (nSPS) is 17.2. The van der Waals surface area contributed by atoms with Gasteiger partial charge in [0.05, 0.1) is 12.7 Å². The number of hydrogen-bond acceptors (Lipinski definition) is 3. The van der Waals surface area contributed by atoms with Gasteiger partial charge in [0.2, 0.25) is 0 Å². The van der Waals surface area contributed by atoms with Gasteiger partial charge in [-0.15, -0.1) is 0 Å². The summed E-state index contributed by atoms with van der Waals surface area (Å²) in [5.74, 6) is -0.356. The van der Waals surface area contributed by atoms with Crippen LogP contribution in [-0.4, -0.2) is 25.0 Å². The Kier molecular flexibility index (Phi) is 3.25. The van der Waals surface area contributed by atoms with Crippen LogP contribution in [0.4, 0.5) is 10.1 Å². The maximum Gasteiger partial charge on any atom is 0.257 e. The van der Waals surface area contributed by atoms with Gasteiger partial charge >= 0.3 is 0 Å². The number of halogens is 1. The first kappa shape index (κ1) is 13.4. The van der Waals surface area contributed by atoms with E-state index in [1.165, 1.54) is 13.2 Å². The highest BCUT2D eigenvalue weighted by atomic mass is 19.1. The molecular weight excluding hydrogens is 271 g/mol. The van der Waals surface area contributed by atoms with Crippen LogP contribution in [0.15, 0.2) is 42.5 Å². The Bertz CT molecular complexity index is 702. The third kappa shape index (κ3) is 2.20. The molecule has 0 radical (unpaired) electrons. The van der Waals surface area contributed by atoms with Crippen LogP contribution in [0.3, 0.4) is 0 Å². The lowest BCUT2D eigenvalue weighted by molar-refractivity contribution is 0.0735. The first-order valence-electron chi connectivity index (χ1n) is 6.58.